The molecule has 3 atom stereocenters. The molecule has 0 amide bonds. The minimum atomic E-state index is -3.00. The maximum absolute atomic E-state index is 12.4. The molecule has 4 nitrogen and oxygen atoms in total. The van der Waals surface area contributed by atoms with E-state index in [0.29, 0.717) is 6.42 Å². The van der Waals surface area contributed by atoms with Gasteiger partial charge in [-0.25, -0.2) is 8.42 Å². The Morgan fingerprint density at radius 3 is 2.72 bits per heavy atom. The number of sulfone groups is 1. The Morgan fingerprint density at radius 1 is 1.33 bits per heavy atom. The fourth-order valence-corrected chi connectivity index (χ4v) is 4.95. The Labute approximate surface area is 113 Å². The SMILES string of the molecule is CS(=O)(=O)C1CCCC(C(=O)C2CSCCN2)C1. The van der Waals surface area contributed by atoms with Gasteiger partial charge in [-0.1, -0.05) is 6.42 Å². The zero-order valence-electron chi connectivity index (χ0n) is 10.7. The van der Waals surface area contributed by atoms with Crippen LogP contribution in [0.15, 0.2) is 0 Å². The van der Waals surface area contributed by atoms with Crippen molar-refractivity contribution in [2.45, 2.75) is 37.0 Å². The number of nitrogens with one attached hydrogen (secondary N) is 1. The monoisotopic (exact) mass is 291 g/mol. The molecule has 1 heterocycles. The first kappa shape index (κ1) is 14.3. The van der Waals surface area contributed by atoms with Crippen LogP contribution in [0.5, 0.6) is 0 Å². The molecule has 0 aromatic heterocycles. The molecule has 1 saturated heterocycles. The van der Waals surface area contributed by atoms with Crippen molar-refractivity contribution >= 4 is 27.4 Å². The molecule has 2 aliphatic rings. The summed E-state index contributed by atoms with van der Waals surface area (Å²) in [7, 11) is -3.00. The Hall–Kier alpha value is -0.0700. The van der Waals surface area contributed by atoms with Crippen LogP contribution in [0.3, 0.4) is 0 Å². The lowest BCUT2D eigenvalue weighted by Gasteiger charge is -2.31. The number of carbonyl (C=O) groups is 1. The maximum Gasteiger partial charge on any atom is 0.153 e. The molecule has 1 aliphatic heterocycles. The third kappa shape index (κ3) is 3.48. The highest BCUT2D eigenvalue weighted by Gasteiger charge is 2.35. The van der Waals surface area contributed by atoms with Crippen molar-refractivity contribution < 1.29 is 13.2 Å². The second kappa shape index (κ2) is 5.92. The summed E-state index contributed by atoms with van der Waals surface area (Å²) in [6.07, 6.45) is 4.25. The molecule has 1 aliphatic carbocycles. The van der Waals surface area contributed by atoms with E-state index in [4.69, 9.17) is 0 Å². The van der Waals surface area contributed by atoms with Crippen molar-refractivity contribution in [1.29, 1.82) is 0 Å². The average molecular weight is 291 g/mol. The highest BCUT2D eigenvalue weighted by atomic mass is 32.2. The lowest BCUT2D eigenvalue weighted by atomic mass is 9.83. The van der Waals surface area contributed by atoms with E-state index in [2.05, 4.69) is 5.32 Å². The van der Waals surface area contributed by atoms with E-state index < -0.39 is 9.84 Å². The van der Waals surface area contributed by atoms with Gasteiger partial charge in [0.15, 0.2) is 5.78 Å². The van der Waals surface area contributed by atoms with Gasteiger partial charge >= 0.3 is 0 Å². The van der Waals surface area contributed by atoms with E-state index >= 15 is 0 Å². The number of ketones is 1. The van der Waals surface area contributed by atoms with Crippen LogP contribution in [0.4, 0.5) is 0 Å². The predicted octanol–water partition coefficient (Wildman–Crippen LogP) is 0.864. The second-order valence-electron chi connectivity index (χ2n) is 5.30. The van der Waals surface area contributed by atoms with E-state index in [1.807, 2.05) is 0 Å². The van der Waals surface area contributed by atoms with Crippen LogP contribution in [0.2, 0.25) is 0 Å². The number of hydrogen-bond donors (Lipinski definition) is 1. The van der Waals surface area contributed by atoms with Crippen molar-refractivity contribution in [3.63, 3.8) is 0 Å². The predicted molar refractivity (Wildman–Crippen MR) is 74.7 cm³/mol. The summed E-state index contributed by atoms with van der Waals surface area (Å²) >= 11 is 1.80. The van der Waals surface area contributed by atoms with Crippen molar-refractivity contribution in [2.24, 2.45) is 5.92 Å². The van der Waals surface area contributed by atoms with Crippen molar-refractivity contribution in [1.82, 2.24) is 5.32 Å². The van der Waals surface area contributed by atoms with Gasteiger partial charge < -0.3 is 5.32 Å². The average Bonchev–Trinajstić information content (AvgIpc) is 2.38. The van der Waals surface area contributed by atoms with Gasteiger partial charge in [0, 0.05) is 30.2 Å². The van der Waals surface area contributed by atoms with Gasteiger partial charge in [-0.05, 0) is 19.3 Å². The molecule has 2 fully saturated rings. The molecule has 0 spiro atoms. The highest BCUT2D eigenvalue weighted by Crippen LogP contribution is 2.30. The summed E-state index contributed by atoms with van der Waals surface area (Å²) in [6.45, 7) is 0.878. The van der Waals surface area contributed by atoms with E-state index in [1.165, 1.54) is 6.26 Å². The van der Waals surface area contributed by atoms with Crippen LogP contribution >= 0.6 is 11.8 Å². The van der Waals surface area contributed by atoms with Crippen molar-refractivity contribution in [2.75, 3.05) is 24.3 Å². The van der Waals surface area contributed by atoms with Crippen LogP contribution in [0.1, 0.15) is 25.7 Å². The molecule has 0 aromatic rings. The number of thioether (sulfide) groups is 1. The van der Waals surface area contributed by atoms with Gasteiger partial charge in [0.25, 0.3) is 0 Å². The van der Waals surface area contributed by atoms with Crippen LogP contribution in [0, 0.1) is 5.92 Å². The third-order valence-corrected chi connectivity index (χ3v) is 6.60. The van der Waals surface area contributed by atoms with Gasteiger partial charge in [0.05, 0.1) is 11.3 Å². The second-order valence-corrected chi connectivity index (χ2v) is 8.77. The van der Waals surface area contributed by atoms with Crippen LogP contribution in [-0.2, 0) is 14.6 Å². The lowest BCUT2D eigenvalue weighted by Crippen LogP contribution is -2.47. The first-order chi connectivity index (χ1) is 8.48. The van der Waals surface area contributed by atoms with Gasteiger partial charge in [0.1, 0.15) is 9.84 Å². The van der Waals surface area contributed by atoms with Crippen LogP contribution in [0.25, 0.3) is 0 Å². The summed E-state index contributed by atoms with van der Waals surface area (Å²) in [5.41, 5.74) is 0. The lowest BCUT2D eigenvalue weighted by molar-refractivity contribution is -0.125. The Kier molecular flexibility index (Phi) is 4.72. The first-order valence-corrected chi connectivity index (χ1v) is 9.63. The summed E-state index contributed by atoms with van der Waals surface area (Å²) in [6, 6.07) is -0.0629. The molecule has 0 radical (unpaired) electrons. The van der Waals surface area contributed by atoms with Gasteiger partial charge in [-0.2, -0.15) is 11.8 Å². The number of carbonyl (C=O) groups excluding carboxylic acids is 1. The summed E-state index contributed by atoms with van der Waals surface area (Å²) in [4.78, 5) is 12.4. The molecular formula is C12H21NO3S2. The standard InChI is InChI=1S/C12H21NO3S2/c1-18(15,16)10-4-2-3-9(7-10)12(14)11-8-17-6-5-13-11/h9-11,13H,2-8H2,1H3. The molecule has 1 N–H and O–H groups in total. The van der Waals surface area contributed by atoms with Gasteiger partial charge in [-0.3, -0.25) is 4.79 Å². The quantitative estimate of drug-likeness (QED) is 0.836. The topological polar surface area (TPSA) is 63.2 Å². The van der Waals surface area contributed by atoms with Crippen molar-refractivity contribution in [3.8, 4) is 0 Å². The van der Waals surface area contributed by atoms with Crippen LogP contribution in [-0.4, -0.2) is 49.8 Å². The number of Topliss-reactive ketones (excluding diaryl/α,β-unsaturated/α-hetero) is 1. The normalized spacial score (nSPS) is 34.2. The van der Waals surface area contributed by atoms with Crippen LogP contribution < -0.4 is 5.32 Å². The maximum atomic E-state index is 12.4. The molecule has 0 aromatic carbocycles. The molecule has 3 unspecified atom stereocenters. The summed E-state index contributed by atoms with van der Waals surface area (Å²) < 4.78 is 23.2. The van der Waals surface area contributed by atoms with E-state index in [9.17, 15) is 13.2 Å². The smallest absolute Gasteiger partial charge is 0.153 e. The summed E-state index contributed by atoms with van der Waals surface area (Å²) in [5.74, 6) is 2.06. The molecule has 0 bridgehead atoms. The summed E-state index contributed by atoms with van der Waals surface area (Å²) in [5, 5.41) is 2.94. The molecule has 18 heavy (non-hydrogen) atoms. The fraction of sp³-hybridized carbons (Fsp3) is 0.917. The third-order valence-electron chi connectivity index (χ3n) is 3.90. The highest BCUT2D eigenvalue weighted by molar-refractivity contribution is 7.99. The molecule has 1 saturated carbocycles. The Morgan fingerprint density at radius 2 is 2.11 bits per heavy atom. The minimum absolute atomic E-state index is 0.0605. The number of rotatable bonds is 3. The molecule has 6 heteroatoms. The van der Waals surface area contributed by atoms with Crippen molar-refractivity contribution in [3.05, 3.63) is 0 Å². The van der Waals surface area contributed by atoms with E-state index in [-0.39, 0.29) is 23.0 Å². The fourth-order valence-electron chi connectivity index (χ4n) is 2.82. The first-order valence-electron chi connectivity index (χ1n) is 6.52. The largest absolute Gasteiger partial charge is 0.306 e. The minimum Gasteiger partial charge on any atom is -0.306 e. The molecule has 2 rings (SSSR count). The van der Waals surface area contributed by atoms with Gasteiger partial charge in [0.2, 0.25) is 0 Å². The Balaban J connectivity index is 1.97. The zero-order valence-corrected chi connectivity index (χ0v) is 12.4. The van der Waals surface area contributed by atoms with E-state index in [1.54, 1.807) is 11.8 Å². The van der Waals surface area contributed by atoms with E-state index in [0.717, 1.165) is 37.3 Å². The Bertz CT molecular complexity index is 402. The molecular weight excluding hydrogens is 270 g/mol. The molecule has 104 valence electrons. The zero-order chi connectivity index (χ0) is 13.2. The number of hydrogen-bond acceptors (Lipinski definition) is 5. The van der Waals surface area contributed by atoms with Gasteiger partial charge in [-0.15, -0.1) is 0 Å².